The lowest BCUT2D eigenvalue weighted by atomic mass is 14.0. The molecule has 2 nitrogen and oxygen atoms in total. The molecule has 5 heavy (non-hydrogen) atoms. The van der Waals surface area contributed by atoms with Gasteiger partial charge in [0.15, 0.2) is 31.0 Å². The smallest absolute Gasteiger partial charge is 0.198 e. The first kappa shape index (κ1) is 9.28. The van der Waals surface area contributed by atoms with Crippen LogP contribution < -0.4 is 6.15 Å². The zero-order chi connectivity index (χ0) is 3.58. The Labute approximate surface area is 42.2 Å². The largest absolute Gasteiger partial charge is 0.582 e. The van der Waals surface area contributed by atoms with E-state index in [1.54, 1.807) is 0 Å². The highest BCUT2D eigenvalue weighted by Crippen LogP contribution is 1.98. The van der Waals surface area contributed by atoms with Crippen LogP contribution in [-0.4, -0.2) is 4.55 Å². The first-order chi connectivity index (χ1) is 1.73. The molecule has 0 aromatic rings. The van der Waals surface area contributed by atoms with Gasteiger partial charge in [0.25, 0.3) is 0 Å². The zero-order valence-electron chi connectivity index (χ0n) is 2.28. The van der Waals surface area contributed by atoms with E-state index in [9.17, 15) is 0 Å². The SMILES string of the molecule is N.[O-][S+](Cl)Cl. The van der Waals surface area contributed by atoms with Crippen LogP contribution in [0.25, 0.3) is 0 Å². The van der Waals surface area contributed by atoms with E-state index in [0.717, 1.165) is 0 Å². The van der Waals surface area contributed by atoms with Gasteiger partial charge in [0.2, 0.25) is 0 Å². The Morgan fingerprint density at radius 2 is 1.40 bits per heavy atom. The number of rotatable bonds is 0. The van der Waals surface area contributed by atoms with Gasteiger partial charge in [-0.2, -0.15) is 0 Å². The summed E-state index contributed by atoms with van der Waals surface area (Å²) < 4.78 is 9.09. The van der Waals surface area contributed by atoms with Crippen LogP contribution in [0, 0.1) is 0 Å². The molecule has 0 heterocycles. The summed E-state index contributed by atoms with van der Waals surface area (Å²) in [6.45, 7) is 0. The Kier molecular flexibility index (Phi) is 9.01. The molecule has 5 heteroatoms. The maximum atomic E-state index is 9.09. The highest BCUT2D eigenvalue weighted by Gasteiger charge is 1.83. The third-order valence-corrected chi connectivity index (χ3v) is 0. The van der Waals surface area contributed by atoms with E-state index in [-0.39, 0.29) is 6.15 Å². The summed E-state index contributed by atoms with van der Waals surface area (Å²) in [4.78, 5) is 0. The van der Waals surface area contributed by atoms with E-state index in [0.29, 0.717) is 0 Å². The van der Waals surface area contributed by atoms with Gasteiger partial charge in [-0.3, -0.25) is 0 Å². The molecule has 0 aromatic heterocycles. The number of hydrogen-bond donors (Lipinski definition) is 1. The van der Waals surface area contributed by atoms with Gasteiger partial charge in [-0.25, -0.2) is 0 Å². The van der Waals surface area contributed by atoms with E-state index in [2.05, 4.69) is 21.4 Å². The van der Waals surface area contributed by atoms with E-state index in [1.165, 1.54) is 0 Å². The summed E-state index contributed by atoms with van der Waals surface area (Å²) in [5.74, 6) is 0. The van der Waals surface area contributed by atoms with Crippen LogP contribution >= 0.6 is 21.4 Å². The van der Waals surface area contributed by atoms with E-state index in [4.69, 9.17) is 4.55 Å². The van der Waals surface area contributed by atoms with Crippen LogP contribution in [-0.2, 0) is 9.60 Å². The van der Waals surface area contributed by atoms with Crippen molar-refractivity contribution in [3.63, 3.8) is 0 Å². The molecule has 0 aliphatic rings. The van der Waals surface area contributed by atoms with Crippen molar-refractivity contribution in [1.29, 1.82) is 0 Å². The van der Waals surface area contributed by atoms with Crippen molar-refractivity contribution in [2.24, 2.45) is 0 Å². The molecule has 0 saturated heterocycles. The second-order valence-corrected chi connectivity index (χ2v) is 2.71. The van der Waals surface area contributed by atoms with Crippen molar-refractivity contribution in [2.45, 2.75) is 0 Å². The highest BCUT2D eigenvalue weighted by molar-refractivity contribution is 8.31. The summed E-state index contributed by atoms with van der Waals surface area (Å²) in [6.07, 6.45) is 0. The van der Waals surface area contributed by atoms with Gasteiger partial charge in [-0.15, -0.1) is 0 Å². The lowest BCUT2D eigenvalue weighted by Crippen LogP contribution is -1.63. The monoisotopic (exact) mass is 135 g/mol. The van der Waals surface area contributed by atoms with Crippen molar-refractivity contribution < 1.29 is 4.55 Å². The predicted octanol–water partition coefficient (Wildman–Crippen LogP) is 1.20. The minimum atomic E-state index is -1.67. The predicted molar refractivity (Wildman–Crippen MR) is 24.9 cm³/mol. The fraction of sp³-hybridized carbons (Fsp3) is 0. The molecule has 0 fully saturated rings. The molecule has 0 rings (SSSR count). The van der Waals surface area contributed by atoms with Crippen LogP contribution in [0.15, 0.2) is 0 Å². The minimum Gasteiger partial charge on any atom is -0.582 e. The molecule has 34 valence electrons. The number of halogens is 2. The topological polar surface area (TPSA) is 58.1 Å². The lowest BCUT2D eigenvalue weighted by molar-refractivity contribution is 0.620. The standard InChI is InChI=1S/Cl2OS.H3N/c1-4(2)3;/h;1H3. The van der Waals surface area contributed by atoms with Gasteiger partial charge in [0, 0.05) is 0 Å². The molecule has 3 N–H and O–H groups in total. The first-order valence-corrected chi connectivity index (χ1v) is 3.28. The highest BCUT2D eigenvalue weighted by atomic mass is 36.0. The summed E-state index contributed by atoms with van der Waals surface area (Å²) in [6, 6.07) is 0. The second kappa shape index (κ2) is 4.85. The molecular formula is H3Cl2NOS. The van der Waals surface area contributed by atoms with Gasteiger partial charge >= 0.3 is 0 Å². The summed E-state index contributed by atoms with van der Waals surface area (Å²) >= 11 is 0. The van der Waals surface area contributed by atoms with E-state index >= 15 is 0 Å². The van der Waals surface area contributed by atoms with Crippen LogP contribution in [0.1, 0.15) is 0 Å². The molecule has 0 aliphatic heterocycles. The Bertz CT molecular complexity index is 14.4. The molecule has 0 radical (unpaired) electrons. The second-order valence-electron chi connectivity index (χ2n) is 0.184. The molecule has 0 aliphatic carbocycles. The maximum absolute atomic E-state index is 9.09. The third-order valence-electron chi connectivity index (χ3n) is 0. The fourth-order valence-electron chi connectivity index (χ4n) is 0. The van der Waals surface area contributed by atoms with Crippen molar-refractivity contribution in [2.75, 3.05) is 0 Å². The van der Waals surface area contributed by atoms with Crippen LogP contribution in [0.3, 0.4) is 0 Å². The summed E-state index contributed by atoms with van der Waals surface area (Å²) in [7, 11) is 7.36. The quantitative estimate of drug-likeness (QED) is 0.508. The lowest BCUT2D eigenvalue weighted by Gasteiger charge is -1.73. The average molecular weight is 136 g/mol. The zero-order valence-corrected chi connectivity index (χ0v) is 4.61. The minimum absolute atomic E-state index is 0. The van der Waals surface area contributed by atoms with Gasteiger partial charge in [-0.05, 0) is 0 Å². The van der Waals surface area contributed by atoms with Gasteiger partial charge in [0.05, 0.1) is 0 Å². The molecule has 0 atom stereocenters. The molecule has 0 spiro atoms. The van der Waals surface area contributed by atoms with Crippen LogP contribution in [0.5, 0.6) is 0 Å². The average Bonchev–Trinajstić information content (AvgIpc) is 0.811. The normalized spacial score (nSPS) is 7.20. The first-order valence-electron chi connectivity index (χ1n) is 0.475. The van der Waals surface area contributed by atoms with E-state index < -0.39 is 9.60 Å². The third kappa shape index (κ3) is 54.5. The van der Waals surface area contributed by atoms with E-state index in [1.807, 2.05) is 0 Å². The summed E-state index contributed by atoms with van der Waals surface area (Å²) in [5, 5.41) is 0. The molecular weight excluding hydrogens is 133 g/mol. The van der Waals surface area contributed by atoms with Crippen molar-refractivity contribution >= 4 is 31.0 Å². The summed E-state index contributed by atoms with van der Waals surface area (Å²) in [5.41, 5.74) is 0. The number of hydrogen-bond acceptors (Lipinski definition) is 2. The van der Waals surface area contributed by atoms with Crippen LogP contribution in [0.2, 0.25) is 0 Å². The molecule has 0 unspecified atom stereocenters. The van der Waals surface area contributed by atoms with Crippen molar-refractivity contribution in [3.8, 4) is 0 Å². The Morgan fingerprint density at radius 1 is 1.40 bits per heavy atom. The molecule has 0 bridgehead atoms. The maximum Gasteiger partial charge on any atom is 0.198 e. The molecule has 0 amide bonds. The fourth-order valence-corrected chi connectivity index (χ4v) is 0. The van der Waals surface area contributed by atoms with Crippen molar-refractivity contribution in [1.82, 2.24) is 6.15 Å². The Balaban J connectivity index is 0. The van der Waals surface area contributed by atoms with Gasteiger partial charge in [-0.1, -0.05) is 0 Å². The Hall–Kier alpha value is 0.850. The molecule has 0 aromatic carbocycles. The van der Waals surface area contributed by atoms with Gasteiger partial charge < -0.3 is 10.7 Å². The molecule has 0 saturated carbocycles. The van der Waals surface area contributed by atoms with Gasteiger partial charge in [0.1, 0.15) is 0 Å². The van der Waals surface area contributed by atoms with Crippen LogP contribution in [0.4, 0.5) is 0 Å². The van der Waals surface area contributed by atoms with Crippen molar-refractivity contribution in [3.05, 3.63) is 0 Å². The Morgan fingerprint density at radius 3 is 1.40 bits per heavy atom.